The summed E-state index contributed by atoms with van der Waals surface area (Å²) in [5.74, 6) is 0.970. The Labute approximate surface area is 83.7 Å². The van der Waals surface area contributed by atoms with Crippen molar-refractivity contribution < 1.29 is 4.74 Å². The predicted octanol–water partition coefficient (Wildman–Crippen LogP) is 0.701. The number of rotatable bonds is 2. The third kappa shape index (κ3) is 2.02. The van der Waals surface area contributed by atoms with Crippen LogP contribution >= 0.6 is 0 Å². The fraction of sp³-hybridized carbons (Fsp3) is 0.500. The number of anilines is 1. The Bertz CT molecular complexity index is 297. The largest absolute Gasteiger partial charge is 0.378 e. The summed E-state index contributed by atoms with van der Waals surface area (Å²) >= 11 is 0. The van der Waals surface area contributed by atoms with Gasteiger partial charge in [-0.25, -0.2) is 4.98 Å². The van der Waals surface area contributed by atoms with Gasteiger partial charge in [0.05, 0.1) is 13.2 Å². The van der Waals surface area contributed by atoms with E-state index in [0.29, 0.717) is 6.54 Å². The van der Waals surface area contributed by atoms with Gasteiger partial charge < -0.3 is 9.64 Å². The topological polar surface area (TPSA) is 49.2 Å². The molecule has 0 aromatic carbocycles. The summed E-state index contributed by atoms with van der Waals surface area (Å²) in [6.07, 6.45) is 1.77. The fourth-order valence-corrected chi connectivity index (χ4v) is 1.54. The Kier molecular flexibility index (Phi) is 2.96. The van der Waals surface area contributed by atoms with Crippen molar-refractivity contribution in [3.63, 3.8) is 0 Å². The van der Waals surface area contributed by atoms with Crippen LogP contribution in [0.1, 0.15) is 5.56 Å². The molecule has 1 aliphatic heterocycles. The van der Waals surface area contributed by atoms with E-state index in [1.54, 1.807) is 6.20 Å². The average molecular weight is 192 g/mol. The molecule has 1 saturated heterocycles. The second kappa shape index (κ2) is 4.39. The van der Waals surface area contributed by atoms with Gasteiger partial charge in [0.2, 0.25) is 0 Å². The minimum Gasteiger partial charge on any atom is -0.378 e. The van der Waals surface area contributed by atoms with E-state index < -0.39 is 0 Å². The third-order valence-electron chi connectivity index (χ3n) is 2.35. The first-order valence-corrected chi connectivity index (χ1v) is 4.82. The molecule has 14 heavy (non-hydrogen) atoms. The summed E-state index contributed by atoms with van der Waals surface area (Å²) in [4.78, 5) is 6.50. The summed E-state index contributed by atoms with van der Waals surface area (Å²) in [5, 5.41) is 0. The summed E-state index contributed by atoms with van der Waals surface area (Å²) in [7, 11) is 0. The van der Waals surface area contributed by atoms with Crippen molar-refractivity contribution in [1.29, 1.82) is 0 Å². The van der Waals surface area contributed by atoms with Crippen LogP contribution in [-0.2, 0) is 11.3 Å². The summed E-state index contributed by atoms with van der Waals surface area (Å²) in [6.45, 7) is 3.66. The quantitative estimate of drug-likeness (QED) is 0.693. The molecule has 0 bridgehead atoms. The van der Waals surface area contributed by atoms with Gasteiger partial charge in [-0.2, -0.15) is 0 Å². The zero-order chi connectivity index (χ0) is 9.80. The Balaban J connectivity index is 2.13. The predicted molar refractivity (Wildman–Crippen MR) is 54.1 cm³/mol. The fourth-order valence-electron chi connectivity index (χ4n) is 1.54. The first kappa shape index (κ1) is 9.43. The van der Waals surface area contributed by atoms with E-state index >= 15 is 0 Å². The van der Waals surface area contributed by atoms with Crippen LogP contribution in [0.2, 0.25) is 0 Å². The summed E-state index contributed by atoms with van der Waals surface area (Å²) in [5.41, 5.74) is 8.30. The molecule has 2 rings (SSSR count). The van der Waals surface area contributed by atoms with Gasteiger partial charge in [-0.1, -0.05) is 0 Å². The molecule has 0 saturated carbocycles. The van der Waals surface area contributed by atoms with Gasteiger partial charge in [-0.3, -0.25) is 5.73 Å². The minimum absolute atomic E-state index is 0.319. The SMILES string of the molecule is [NH]Cc1ccnc(N2CCOCC2)c1. The molecule has 1 aliphatic rings. The van der Waals surface area contributed by atoms with Crippen molar-refractivity contribution in [2.45, 2.75) is 6.54 Å². The number of nitrogens with one attached hydrogen (secondary N) is 1. The normalized spacial score (nSPS) is 17.1. The Hall–Kier alpha value is -1.13. The second-order valence-electron chi connectivity index (χ2n) is 3.30. The molecule has 0 spiro atoms. The zero-order valence-corrected chi connectivity index (χ0v) is 8.07. The molecular weight excluding hydrogens is 178 g/mol. The molecule has 75 valence electrons. The molecule has 4 heteroatoms. The molecular formula is C10H14N3O. The van der Waals surface area contributed by atoms with Crippen LogP contribution in [0.4, 0.5) is 5.82 Å². The maximum absolute atomic E-state index is 7.28. The van der Waals surface area contributed by atoms with Crippen LogP contribution in [0.5, 0.6) is 0 Å². The number of nitrogens with zero attached hydrogens (tertiary/aromatic N) is 2. The molecule has 4 nitrogen and oxygen atoms in total. The van der Waals surface area contributed by atoms with Gasteiger partial charge in [0.1, 0.15) is 5.82 Å². The Morgan fingerprint density at radius 2 is 2.21 bits per heavy atom. The van der Waals surface area contributed by atoms with E-state index in [0.717, 1.165) is 37.7 Å². The molecule has 0 aliphatic carbocycles. The van der Waals surface area contributed by atoms with Crippen LogP contribution < -0.4 is 10.6 Å². The lowest BCUT2D eigenvalue weighted by molar-refractivity contribution is 0.122. The molecule has 0 amide bonds. The van der Waals surface area contributed by atoms with Crippen molar-refractivity contribution in [2.75, 3.05) is 31.2 Å². The summed E-state index contributed by atoms with van der Waals surface area (Å²) in [6, 6.07) is 3.87. The lowest BCUT2D eigenvalue weighted by Gasteiger charge is -2.27. The number of hydrogen-bond acceptors (Lipinski definition) is 3. The van der Waals surface area contributed by atoms with Crippen molar-refractivity contribution in [2.24, 2.45) is 0 Å². The third-order valence-corrected chi connectivity index (χ3v) is 2.35. The van der Waals surface area contributed by atoms with Crippen molar-refractivity contribution >= 4 is 5.82 Å². The van der Waals surface area contributed by atoms with Crippen molar-refractivity contribution in [1.82, 2.24) is 10.7 Å². The van der Waals surface area contributed by atoms with Crippen molar-refractivity contribution in [3.05, 3.63) is 23.9 Å². The highest BCUT2D eigenvalue weighted by Crippen LogP contribution is 2.13. The summed E-state index contributed by atoms with van der Waals surface area (Å²) < 4.78 is 5.27. The molecule has 1 aromatic rings. The number of morpholine rings is 1. The number of hydrogen-bond donors (Lipinski definition) is 0. The number of ether oxygens (including phenoxy) is 1. The first-order valence-electron chi connectivity index (χ1n) is 4.82. The molecule has 1 N–H and O–H groups in total. The van der Waals surface area contributed by atoms with E-state index in [9.17, 15) is 0 Å². The Morgan fingerprint density at radius 1 is 1.43 bits per heavy atom. The second-order valence-corrected chi connectivity index (χ2v) is 3.30. The smallest absolute Gasteiger partial charge is 0.128 e. The highest BCUT2D eigenvalue weighted by Gasteiger charge is 2.11. The van der Waals surface area contributed by atoms with Gasteiger partial charge >= 0.3 is 0 Å². The maximum Gasteiger partial charge on any atom is 0.128 e. The lowest BCUT2D eigenvalue weighted by Crippen LogP contribution is -2.36. The number of aromatic nitrogens is 1. The highest BCUT2D eigenvalue weighted by atomic mass is 16.5. The van der Waals surface area contributed by atoms with Crippen molar-refractivity contribution in [3.8, 4) is 0 Å². The minimum atomic E-state index is 0.319. The van der Waals surface area contributed by atoms with Crippen LogP contribution in [0.15, 0.2) is 18.3 Å². The molecule has 0 unspecified atom stereocenters. The van der Waals surface area contributed by atoms with Gasteiger partial charge in [-0.05, 0) is 17.7 Å². The first-order chi connectivity index (χ1) is 6.90. The molecule has 0 atom stereocenters. The monoisotopic (exact) mass is 192 g/mol. The standard InChI is InChI=1S/C10H14N3O/c11-8-9-1-2-12-10(7-9)13-3-5-14-6-4-13/h1-2,7,11H,3-6,8H2. The van der Waals surface area contributed by atoms with Gasteiger partial charge in [0.15, 0.2) is 0 Å². The Morgan fingerprint density at radius 3 is 2.93 bits per heavy atom. The van der Waals surface area contributed by atoms with E-state index in [1.807, 2.05) is 12.1 Å². The zero-order valence-electron chi connectivity index (χ0n) is 8.07. The average Bonchev–Trinajstić information content (AvgIpc) is 2.30. The molecule has 1 aromatic heterocycles. The lowest BCUT2D eigenvalue weighted by atomic mass is 10.2. The van der Waals surface area contributed by atoms with E-state index in [4.69, 9.17) is 10.5 Å². The molecule has 1 fully saturated rings. The molecule has 1 radical (unpaired) electrons. The van der Waals surface area contributed by atoms with Crippen LogP contribution in [0.3, 0.4) is 0 Å². The van der Waals surface area contributed by atoms with E-state index in [2.05, 4.69) is 9.88 Å². The van der Waals surface area contributed by atoms with E-state index in [-0.39, 0.29) is 0 Å². The van der Waals surface area contributed by atoms with Gasteiger partial charge in [-0.15, -0.1) is 0 Å². The molecule has 2 heterocycles. The van der Waals surface area contributed by atoms with Gasteiger partial charge in [0.25, 0.3) is 0 Å². The number of pyridine rings is 1. The van der Waals surface area contributed by atoms with Crippen LogP contribution in [0.25, 0.3) is 0 Å². The van der Waals surface area contributed by atoms with Crippen LogP contribution in [0, 0.1) is 0 Å². The van der Waals surface area contributed by atoms with Gasteiger partial charge in [0, 0.05) is 25.8 Å². The van der Waals surface area contributed by atoms with Crippen LogP contribution in [-0.4, -0.2) is 31.3 Å². The maximum atomic E-state index is 7.28. The highest BCUT2D eigenvalue weighted by molar-refractivity contribution is 5.41. The van der Waals surface area contributed by atoms with E-state index in [1.165, 1.54) is 0 Å².